The highest BCUT2D eigenvalue weighted by molar-refractivity contribution is 5.98. The molecule has 1 aliphatic rings. The highest BCUT2D eigenvalue weighted by atomic mass is 19.4. The molecule has 0 fully saturated rings. The lowest BCUT2D eigenvalue weighted by Gasteiger charge is -2.20. The molecule has 4 rings (SSSR count). The van der Waals surface area contributed by atoms with E-state index in [1.807, 2.05) is 30.3 Å². The fourth-order valence-corrected chi connectivity index (χ4v) is 3.40. The number of hydrogen-bond donors (Lipinski definition) is 0. The van der Waals surface area contributed by atoms with E-state index in [1.165, 1.54) is 24.3 Å². The number of nitrogens with zero attached hydrogens (tertiary/aromatic N) is 1. The predicted octanol–water partition coefficient (Wildman–Crippen LogP) is 5.43. The van der Waals surface area contributed by atoms with Gasteiger partial charge in [0.25, 0.3) is 5.91 Å². The van der Waals surface area contributed by atoms with E-state index in [0.29, 0.717) is 24.2 Å². The van der Waals surface area contributed by atoms with Gasteiger partial charge in [0.05, 0.1) is 12.1 Å². The van der Waals surface area contributed by atoms with Crippen LogP contribution >= 0.6 is 0 Å². The molecule has 160 valence electrons. The number of rotatable bonds is 4. The second-order valence-corrected chi connectivity index (χ2v) is 6.97. The van der Waals surface area contributed by atoms with Crippen molar-refractivity contribution in [1.29, 1.82) is 0 Å². The number of hydrogen-bond acceptors (Lipinski definition) is 3. The van der Waals surface area contributed by atoms with Crippen molar-refractivity contribution in [3.05, 3.63) is 83.7 Å². The minimum Gasteiger partial charge on any atom is -0.488 e. The van der Waals surface area contributed by atoms with Crippen LogP contribution in [0.2, 0.25) is 0 Å². The molecule has 31 heavy (non-hydrogen) atoms. The van der Waals surface area contributed by atoms with E-state index in [4.69, 9.17) is 4.74 Å². The van der Waals surface area contributed by atoms with Gasteiger partial charge >= 0.3 is 6.36 Å². The van der Waals surface area contributed by atoms with Crippen LogP contribution in [0, 0.1) is 5.82 Å². The van der Waals surface area contributed by atoms with Gasteiger partial charge in [-0.3, -0.25) is 4.79 Å². The third-order valence-electron chi connectivity index (χ3n) is 4.81. The van der Waals surface area contributed by atoms with Crippen molar-refractivity contribution in [2.45, 2.75) is 12.9 Å². The Morgan fingerprint density at radius 2 is 1.68 bits per heavy atom. The molecule has 0 N–H and O–H groups in total. The Labute approximate surface area is 175 Å². The van der Waals surface area contributed by atoms with Crippen LogP contribution in [-0.4, -0.2) is 30.3 Å². The highest BCUT2D eigenvalue weighted by Gasteiger charge is 2.31. The fraction of sp³-hybridized carbons (Fsp3) is 0.174. The topological polar surface area (TPSA) is 38.8 Å². The van der Waals surface area contributed by atoms with Crippen LogP contribution in [0.3, 0.4) is 0 Å². The zero-order valence-electron chi connectivity index (χ0n) is 16.2. The summed E-state index contributed by atoms with van der Waals surface area (Å²) in [4.78, 5) is 14.7. The number of carbonyl (C=O) groups is 1. The van der Waals surface area contributed by atoms with Crippen molar-refractivity contribution in [3.8, 4) is 22.6 Å². The van der Waals surface area contributed by atoms with Gasteiger partial charge in [0, 0.05) is 6.54 Å². The maximum Gasteiger partial charge on any atom is 0.573 e. The Morgan fingerprint density at radius 3 is 2.35 bits per heavy atom. The average molecular weight is 431 g/mol. The molecular formula is C23H17F4NO3. The lowest BCUT2D eigenvalue weighted by Crippen LogP contribution is -2.31. The quantitative estimate of drug-likeness (QED) is 0.518. The number of carbonyl (C=O) groups excluding carboxylic acids is 1. The smallest absolute Gasteiger partial charge is 0.488 e. The minimum absolute atomic E-state index is 0.0686. The summed E-state index contributed by atoms with van der Waals surface area (Å²) in [6.07, 6.45) is -4.80. The van der Waals surface area contributed by atoms with Crippen LogP contribution in [0.5, 0.6) is 11.5 Å². The summed E-state index contributed by atoms with van der Waals surface area (Å²) >= 11 is 0. The second-order valence-electron chi connectivity index (χ2n) is 6.97. The number of fused-ring (bicyclic) bond motifs is 1. The van der Waals surface area contributed by atoms with Crippen molar-refractivity contribution in [1.82, 2.24) is 4.90 Å². The fourth-order valence-electron chi connectivity index (χ4n) is 3.40. The van der Waals surface area contributed by atoms with Crippen molar-refractivity contribution >= 4 is 5.91 Å². The largest absolute Gasteiger partial charge is 0.573 e. The molecule has 0 saturated carbocycles. The van der Waals surface area contributed by atoms with Gasteiger partial charge in [-0.05, 0) is 41.0 Å². The summed E-state index contributed by atoms with van der Waals surface area (Å²) in [5, 5.41) is 0. The molecule has 8 heteroatoms. The highest BCUT2D eigenvalue weighted by Crippen LogP contribution is 2.34. The normalized spacial score (nSPS) is 13.9. The van der Waals surface area contributed by atoms with E-state index >= 15 is 0 Å². The van der Waals surface area contributed by atoms with Gasteiger partial charge in [0.1, 0.15) is 12.4 Å². The number of alkyl halides is 3. The van der Waals surface area contributed by atoms with Crippen LogP contribution in [0.4, 0.5) is 17.6 Å². The molecule has 0 aliphatic carbocycles. The summed E-state index contributed by atoms with van der Waals surface area (Å²) in [5.41, 5.74) is 1.77. The van der Waals surface area contributed by atoms with Crippen LogP contribution in [0.1, 0.15) is 15.9 Å². The standard InChI is InChI=1S/C23H17F4NO3/c24-20-13-17(16-6-8-18(9-7-16)31-23(25,26)27)12-19-21(20)30-11-10-28(22(19)29)14-15-4-2-1-3-5-15/h1-9,12-13H,10-11,14H2. The van der Waals surface area contributed by atoms with Crippen LogP contribution in [-0.2, 0) is 6.54 Å². The first-order valence-electron chi connectivity index (χ1n) is 9.46. The lowest BCUT2D eigenvalue weighted by atomic mass is 10.0. The van der Waals surface area contributed by atoms with E-state index in [1.54, 1.807) is 4.90 Å². The first-order valence-corrected chi connectivity index (χ1v) is 9.46. The van der Waals surface area contributed by atoms with Crippen molar-refractivity contribution in [2.24, 2.45) is 0 Å². The predicted molar refractivity (Wildman–Crippen MR) is 105 cm³/mol. The first kappa shape index (κ1) is 20.7. The van der Waals surface area contributed by atoms with Crippen LogP contribution in [0.15, 0.2) is 66.7 Å². The molecule has 0 spiro atoms. The van der Waals surface area contributed by atoms with Crippen molar-refractivity contribution in [2.75, 3.05) is 13.2 Å². The molecule has 0 bridgehead atoms. The van der Waals surface area contributed by atoms with E-state index < -0.39 is 12.2 Å². The van der Waals surface area contributed by atoms with Gasteiger partial charge < -0.3 is 14.4 Å². The Bertz CT molecular complexity index is 1080. The monoisotopic (exact) mass is 431 g/mol. The molecule has 1 aliphatic heterocycles. The third kappa shape index (κ3) is 4.79. The minimum atomic E-state index is -4.80. The third-order valence-corrected chi connectivity index (χ3v) is 4.81. The number of benzene rings is 3. The average Bonchev–Trinajstić information content (AvgIpc) is 2.88. The van der Waals surface area contributed by atoms with Gasteiger partial charge in [0.15, 0.2) is 11.6 Å². The molecule has 1 heterocycles. The Morgan fingerprint density at radius 1 is 0.968 bits per heavy atom. The maximum absolute atomic E-state index is 14.8. The van der Waals surface area contributed by atoms with Crippen LogP contribution in [0.25, 0.3) is 11.1 Å². The molecule has 3 aromatic rings. The molecule has 0 aromatic heterocycles. The van der Waals surface area contributed by atoms with Crippen molar-refractivity contribution in [3.63, 3.8) is 0 Å². The second kappa shape index (κ2) is 8.29. The SMILES string of the molecule is O=C1c2cc(-c3ccc(OC(F)(F)F)cc3)cc(F)c2OCCN1Cc1ccccc1. The van der Waals surface area contributed by atoms with Crippen LogP contribution < -0.4 is 9.47 Å². The number of amides is 1. The van der Waals surface area contributed by atoms with E-state index in [9.17, 15) is 22.4 Å². The van der Waals surface area contributed by atoms with Gasteiger partial charge in [0.2, 0.25) is 0 Å². The Hall–Kier alpha value is -3.55. The van der Waals surface area contributed by atoms with Gasteiger partial charge in [-0.2, -0.15) is 0 Å². The molecule has 4 nitrogen and oxygen atoms in total. The molecule has 0 unspecified atom stereocenters. The molecule has 0 atom stereocenters. The summed E-state index contributed by atoms with van der Waals surface area (Å²) < 4.78 is 61.2. The van der Waals surface area contributed by atoms with Gasteiger partial charge in [-0.15, -0.1) is 13.2 Å². The first-order chi connectivity index (χ1) is 14.8. The maximum atomic E-state index is 14.8. The molecule has 1 amide bonds. The Kier molecular flexibility index (Phi) is 5.54. The van der Waals surface area contributed by atoms with Gasteiger partial charge in [-0.1, -0.05) is 42.5 Å². The Balaban J connectivity index is 1.64. The zero-order chi connectivity index (χ0) is 22.0. The number of halogens is 4. The molecule has 3 aromatic carbocycles. The lowest BCUT2D eigenvalue weighted by molar-refractivity contribution is -0.274. The van der Waals surface area contributed by atoms with E-state index in [0.717, 1.165) is 17.7 Å². The van der Waals surface area contributed by atoms with E-state index in [2.05, 4.69) is 4.74 Å². The molecule has 0 radical (unpaired) electrons. The van der Waals surface area contributed by atoms with Crippen molar-refractivity contribution < 1.29 is 31.8 Å². The summed E-state index contributed by atoms with van der Waals surface area (Å²) in [7, 11) is 0. The number of ether oxygens (including phenoxy) is 2. The summed E-state index contributed by atoms with van der Waals surface area (Å²) in [6.45, 7) is 0.782. The summed E-state index contributed by atoms with van der Waals surface area (Å²) in [5.74, 6) is -1.60. The van der Waals surface area contributed by atoms with E-state index in [-0.39, 0.29) is 29.6 Å². The van der Waals surface area contributed by atoms with Gasteiger partial charge in [-0.25, -0.2) is 4.39 Å². The molecular weight excluding hydrogens is 414 g/mol. The summed E-state index contributed by atoms with van der Waals surface area (Å²) in [6, 6.07) is 17.1. The molecule has 0 saturated heterocycles. The zero-order valence-corrected chi connectivity index (χ0v) is 16.2.